The second-order valence-corrected chi connectivity index (χ2v) is 9.43. The molecule has 0 aliphatic heterocycles. The molecule has 11 heteroatoms. The Morgan fingerprint density at radius 3 is 2.26 bits per heavy atom. The predicted molar refractivity (Wildman–Crippen MR) is 134 cm³/mol. The van der Waals surface area contributed by atoms with Crippen molar-refractivity contribution in [3.8, 4) is 11.8 Å². The zero-order valence-corrected chi connectivity index (χ0v) is 20.4. The van der Waals surface area contributed by atoms with Crippen LogP contribution in [0.4, 0.5) is 11.4 Å². The van der Waals surface area contributed by atoms with Gasteiger partial charge in [-0.3, -0.25) is 9.59 Å². The van der Waals surface area contributed by atoms with Gasteiger partial charge in [-0.05, 0) is 66.2 Å². The van der Waals surface area contributed by atoms with Gasteiger partial charge in [-0.25, -0.2) is 0 Å². The van der Waals surface area contributed by atoms with Crippen LogP contribution in [-0.4, -0.2) is 20.2 Å². The van der Waals surface area contributed by atoms with Crippen LogP contribution in [0.1, 0.15) is 12.5 Å². The zero-order chi connectivity index (χ0) is 25.6. The van der Waals surface area contributed by atoms with Crippen LogP contribution < -0.4 is 14.8 Å². The molecule has 0 aliphatic rings. The average molecular weight is 530 g/mol. The summed E-state index contributed by atoms with van der Waals surface area (Å²) in [6.45, 7) is 1.34. The molecule has 0 unspecified atom stereocenters. The number of halogens is 2. The van der Waals surface area contributed by atoms with E-state index in [1.54, 1.807) is 6.07 Å². The van der Waals surface area contributed by atoms with Crippen LogP contribution in [0.25, 0.3) is 6.08 Å². The maximum atomic E-state index is 12.6. The lowest BCUT2D eigenvalue weighted by Gasteiger charge is -2.09. The van der Waals surface area contributed by atoms with Gasteiger partial charge in [0, 0.05) is 18.3 Å². The normalized spacial score (nSPS) is 11.3. The Hall–Kier alpha value is -3.84. The number of hydrogen-bond acceptors (Lipinski definition) is 6. The van der Waals surface area contributed by atoms with Gasteiger partial charge in [0.15, 0.2) is 0 Å². The van der Waals surface area contributed by atoms with Gasteiger partial charge in [-0.1, -0.05) is 35.3 Å². The van der Waals surface area contributed by atoms with Crippen LogP contribution in [-0.2, 0) is 19.7 Å². The second kappa shape index (κ2) is 11.1. The number of carbonyl (C=O) groups is 2. The van der Waals surface area contributed by atoms with Crippen molar-refractivity contribution in [2.45, 2.75) is 11.8 Å². The van der Waals surface area contributed by atoms with E-state index in [0.717, 1.165) is 0 Å². The number of carbonyl (C=O) groups excluding carboxylic acids is 2. The highest BCUT2D eigenvalue weighted by molar-refractivity contribution is 7.87. The van der Waals surface area contributed by atoms with E-state index in [0.29, 0.717) is 22.0 Å². The number of hydrogen-bond donors (Lipinski definition) is 2. The lowest BCUT2D eigenvalue weighted by molar-refractivity contribution is -0.114. The van der Waals surface area contributed by atoms with Gasteiger partial charge >= 0.3 is 10.1 Å². The lowest BCUT2D eigenvalue weighted by Crippen LogP contribution is -2.13. The fourth-order valence-electron chi connectivity index (χ4n) is 2.83. The van der Waals surface area contributed by atoms with E-state index < -0.39 is 16.0 Å². The molecule has 0 atom stereocenters. The first-order valence-electron chi connectivity index (χ1n) is 9.88. The Kier molecular flexibility index (Phi) is 8.14. The second-order valence-electron chi connectivity index (χ2n) is 7.07. The molecule has 0 radical (unpaired) electrons. The van der Waals surface area contributed by atoms with Crippen molar-refractivity contribution in [3.63, 3.8) is 0 Å². The molecule has 0 heterocycles. The van der Waals surface area contributed by atoms with Crippen molar-refractivity contribution in [2.75, 3.05) is 10.6 Å². The molecule has 3 aromatic carbocycles. The minimum atomic E-state index is -4.17. The molecule has 0 spiro atoms. The fraction of sp³-hybridized carbons (Fsp3) is 0.0417. The molecule has 0 saturated carbocycles. The molecule has 3 aromatic rings. The third-order valence-corrected chi connectivity index (χ3v) is 6.38. The van der Waals surface area contributed by atoms with Gasteiger partial charge in [0.05, 0.1) is 10.0 Å². The highest BCUT2D eigenvalue weighted by Crippen LogP contribution is 2.26. The minimum Gasteiger partial charge on any atom is -0.379 e. The van der Waals surface area contributed by atoms with Gasteiger partial charge in [-0.15, -0.1) is 0 Å². The summed E-state index contributed by atoms with van der Waals surface area (Å²) in [5.41, 5.74) is 0.911. The SMILES string of the molecule is CC(=O)Nc1ccc(S(=O)(=O)Oc2cccc(/C=C(\C#N)C(=O)Nc3ccc(Cl)c(Cl)c3)c2)cc1. The number of nitrogens with one attached hydrogen (secondary N) is 2. The molecule has 0 aromatic heterocycles. The van der Waals surface area contributed by atoms with E-state index in [-0.39, 0.29) is 27.1 Å². The summed E-state index contributed by atoms with van der Waals surface area (Å²) in [6, 6.07) is 17.6. The molecule has 0 fully saturated rings. The van der Waals surface area contributed by atoms with E-state index in [9.17, 15) is 23.3 Å². The summed E-state index contributed by atoms with van der Waals surface area (Å²) in [5.74, 6) is -1.000. The first kappa shape index (κ1) is 25.8. The van der Waals surface area contributed by atoms with E-state index in [4.69, 9.17) is 27.4 Å². The summed E-state index contributed by atoms with van der Waals surface area (Å²) in [6.07, 6.45) is 1.29. The molecule has 35 heavy (non-hydrogen) atoms. The molecule has 3 rings (SSSR count). The number of anilines is 2. The van der Waals surface area contributed by atoms with E-state index >= 15 is 0 Å². The maximum Gasteiger partial charge on any atom is 0.339 e. The van der Waals surface area contributed by atoms with Gasteiger partial charge in [0.2, 0.25) is 5.91 Å². The summed E-state index contributed by atoms with van der Waals surface area (Å²) in [4.78, 5) is 23.5. The third-order valence-electron chi connectivity index (χ3n) is 4.38. The van der Waals surface area contributed by atoms with E-state index in [1.807, 2.05) is 6.07 Å². The standard InChI is InChI=1S/C24H17Cl2N3O5S/c1-15(30)28-18-5-8-21(9-6-18)35(32,33)34-20-4-2-3-16(12-20)11-17(14-27)24(31)29-19-7-10-22(25)23(26)13-19/h2-13H,1H3,(H,28,30)(H,29,31)/b17-11+. The number of rotatable bonds is 7. The summed E-state index contributed by atoms with van der Waals surface area (Å²) in [7, 11) is -4.17. The van der Waals surface area contributed by atoms with E-state index in [1.165, 1.54) is 73.7 Å². The first-order chi connectivity index (χ1) is 16.6. The summed E-state index contributed by atoms with van der Waals surface area (Å²) >= 11 is 11.8. The maximum absolute atomic E-state index is 12.6. The van der Waals surface area contributed by atoms with Gasteiger partial charge < -0.3 is 14.8 Å². The molecule has 178 valence electrons. The number of amides is 2. The quantitative estimate of drug-likeness (QED) is 0.244. The Morgan fingerprint density at radius 1 is 0.943 bits per heavy atom. The van der Waals surface area contributed by atoms with Crippen molar-refractivity contribution >= 4 is 62.6 Å². The average Bonchev–Trinajstić information content (AvgIpc) is 2.80. The van der Waals surface area contributed by atoms with Crippen LogP contribution >= 0.6 is 23.2 Å². The Morgan fingerprint density at radius 2 is 1.63 bits per heavy atom. The van der Waals surface area contributed by atoms with Crippen LogP contribution in [0.2, 0.25) is 10.0 Å². The number of benzene rings is 3. The fourth-order valence-corrected chi connectivity index (χ4v) is 4.05. The Bertz CT molecular complexity index is 1460. The predicted octanol–water partition coefficient (Wildman–Crippen LogP) is 5.27. The van der Waals surface area contributed by atoms with Crippen molar-refractivity contribution < 1.29 is 22.2 Å². The van der Waals surface area contributed by atoms with Gasteiger partial charge in [0.1, 0.15) is 22.3 Å². The third kappa shape index (κ3) is 7.07. The highest BCUT2D eigenvalue weighted by atomic mass is 35.5. The minimum absolute atomic E-state index is 0.0214. The molecule has 0 bridgehead atoms. The Labute approximate surface area is 211 Å². The highest BCUT2D eigenvalue weighted by Gasteiger charge is 2.17. The van der Waals surface area contributed by atoms with Crippen LogP contribution in [0.3, 0.4) is 0 Å². The molecule has 2 amide bonds. The lowest BCUT2D eigenvalue weighted by atomic mass is 10.1. The molecule has 8 nitrogen and oxygen atoms in total. The molecule has 2 N–H and O–H groups in total. The molecule has 0 aliphatic carbocycles. The van der Waals surface area contributed by atoms with Crippen molar-refractivity contribution in [2.24, 2.45) is 0 Å². The van der Waals surface area contributed by atoms with Crippen molar-refractivity contribution in [1.29, 1.82) is 5.26 Å². The number of nitriles is 1. The topological polar surface area (TPSA) is 125 Å². The summed E-state index contributed by atoms with van der Waals surface area (Å²) < 4.78 is 30.4. The molecular weight excluding hydrogens is 513 g/mol. The van der Waals surface area contributed by atoms with E-state index in [2.05, 4.69) is 10.6 Å². The van der Waals surface area contributed by atoms with Crippen molar-refractivity contribution in [3.05, 3.63) is 87.9 Å². The summed E-state index contributed by atoms with van der Waals surface area (Å²) in [5, 5.41) is 15.1. The Balaban J connectivity index is 1.77. The first-order valence-corrected chi connectivity index (χ1v) is 12.0. The van der Waals surface area contributed by atoms with Gasteiger partial charge in [-0.2, -0.15) is 13.7 Å². The zero-order valence-electron chi connectivity index (χ0n) is 18.1. The van der Waals surface area contributed by atoms with Crippen molar-refractivity contribution in [1.82, 2.24) is 0 Å². The smallest absolute Gasteiger partial charge is 0.339 e. The van der Waals surface area contributed by atoms with Crippen LogP contribution in [0.15, 0.2) is 77.2 Å². The molecular formula is C24H17Cl2N3O5S. The van der Waals surface area contributed by atoms with Gasteiger partial charge in [0.25, 0.3) is 5.91 Å². The van der Waals surface area contributed by atoms with Crippen LogP contribution in [0.5, 0.6) is 5.75 Å². The largest absolute Gasteiger partial charge is 0.379 e. The molecule has 0 saturated heterocycles. The number of nitrogens with zero attached hydrogens (tertiary/aromatic N) is 1. The monoisotopic (exact) mass is 529 g/mol. The van der Waals surface area contributed by atoms with Crippen LogP contribution in [0, 0.1) is 11.3 Å².